The van der Waals surface area contributed by atoms with Gasteiger partial charge in [0.25, 0.3) is 0 Å². The van der Waals surface area contributed by atoms with Crippen molar-refractivity contribution in [2.45, 2.75) is 13.3 Å². The molecular formula is C15H14O2. The van der Waals surface area contributed by atoms with Crippen molar-refractivity contribution in [3.8, 4) is 5.75 Å². The third kappa shape index (κ3) is 2.36. The highest BCUT2D eigenvalue weighted by Crippen LogP contribution is 2.20. The van der Waals surface area contributed by atoms with Gasteiger partial charge in [0.15, 0.2) is 5.78 Å². The third-order valence-corrected chi connectivity index (χ3v) is 2.75. The summed E-state index contributed by atoms with van der Waals surface area (Å²) >= 11 is 0. The van der Waals surface area contributed by atoms with Gasteiger partial charge in [-0.15, -0.1) is 0 Å². The second-order valence-corrected chi connectivity index (χ2v) is 3.89. The molecule has 0 bridgehead atoms. The van der Waals surface area contributed by atoms with Crippen molar-refractivity contribution in [1.29, 1.82) is 0 Å². The minimum atomic E-state index is -0.0432. The lowest BCUT2D eigenvalue weighted by Gasteiger charge is -2.07. The number of carbonyl (C=O) groups is 1. The maximum Gasteiger partial charge on any atom is 0.193 e. The largest absolute Gasteiger partial charge is 0.508 e. The van der Waals surface area contributed by atoms with Crippen molar-refractivity contribution in [3.63, 3.8) is 0 Å². The molecule has 0 aliphatic carbocycles. The van der Waals surface area contributed by atoms with Crippen LogP contribution in [0.5, 0.6) is 5.75 Å². The van der Waals surface area contributed by atoms with Crippen LogP contribution in [0.2, 0.25) is 0 Å². The second-order valence-electron chi connectivity index (χ2n) is 3.89. The van der Waals surface area contributed by atoms with E-state index in [1.54, 1.807) is 24.3 Å². The Labute approximate surface area is 101 Å². The number of ketones is 1. The topological polar surface area (TPSA) is 37.3 Å². The molecule has 1 N–H and O–H groups in total. The Balaban J connectivity index is 2.47. The number of rotatable bonds is 3. The van der Waals surface area contributed by atoms with Gasteiger partial charge in [0.2, 0.25) is 0 Å². The van der Waals surface area contributed by atoms with Crippen LogP contribution >= 0.6 is 0 Å². The van der Waals surface area contributed by atoms with Crippen LogP contribution in [-0.4, -0.2) is 10.9 Å². The van der Waals surface area contributed by atoms with Crippen LogP contribution in [0.1, 0.15) is 28.4 Å². The molecule has 2 aromatic rings. The monoisotopic (exact) mass is 226 g/mol. The SMILES string of the molecule is CCc1ccc(O)cc1C(=O)c1ccccc1. The molecule has 0 amide bonds. The zero-order chi connectivity index (χ0) is 12.3. The van der Waals surface area contributed by atoms with Crippen molar-refractivity contribution in [1.82, 2.24) is 0 Å². The standard InChI is InChI=1S/C15H14O2/c1-2-11-8-9-13(16)10-14(11)15(17)12-6-4-3-5-7-12/h3-10,16H,2H2,1H3. The maximum atomic E-state index is 12.3. The number of benzene rings is 2. The van der Waals surface area contributed by atoms with Gasteiger partial charge in [-0.3, -0.25) is 4.79 Å². The van der Waals surface area contributed by atoms with Gasteiger partial charge < -0.3 is 5.11 Å². The van der Waals surface area contributed by atoms with Gasteiger partial charge in [0.05, 0.1) is 0 Å². The minimum absolute atomic E-state index is 0.0432. The number of aromatic hydroxyl groups is 1. The molecule has 0 atom stereocenters. The lowest BCUT2D eigenvalue weighted by molar-refractivity contribution is 0.103. The van der Waals surface area contributed by atoms with Gasteiger partial charge in [0.1, 0.15) is 5.75 Å². The minimum Gasteiger partial charge on any atom is -0.508 e. The fourth-order valence-electron chi connectivity index (χ4n) is 1.83. The normalized spacial score (nSPS) is 10.2. The summed E-state index contributed by atoms with van der Waals surface area (Å²) in [6.07, 6.45) is 0.772. The molecule has 2 nitrogen and oxygen atoms in total. The van der Waals surface area contributed by atoms with Gasteiger partial charge in [-0.1, -0.05) is 43.3 Å². The Kier molecular flexibility index (Phi) is 3.24. The van der Waals surface area contributed by atoms with Crippen LogP contribution in [0.4, 0.5) is 0 Å². The molecule has 0 saturated carbocycles. The van der Waals surface area contributed by atoms with E-state index in [1.165, 1.54) is 6.07 Å². The van der Waals surface area contributed by atoms with Gasteiger partial charge >= 0.3 is 0 Å². The van der Waals surface area contributed by atoms with E-state index in [-0.39, 0.29) is 11.5 Å². The molecule has 2 rings (SSSR count). The van der Waals surface area contributed by atoms with E-state index in [2.05, 4.69) is 0 Å². The summed E-state index contributed by atoms with van der Waals surface area (Å²) in [5, 5.41) is 9.48. The van der Waals surface area contributed by atoms with Gasteiger partial charge in [-0.25, -0.2) is 0 Å². The van der Waals surface area contributed by atoms with E-state index in [9.17, 15) is 9.90 Å². The van der Waals surface area contributed by atoms with Crippen LogP contribution in [0.3, 0.4) is 0 Å². The summed E-state index contributed by atoms with van der Waals surface area (Å²) in [5.41, 5.74) is 2.18. The molecule has 2 aromatic carbocycles. The fourth-order valence-corrected chi connectivity index (χ4v) is 1.83. The Morgan fingerprint density at radius 3 is 2.47 bits per heavy atom. The molecule has 0 fully saturated rings. The molecule has 86 valence electrons. The molecule has 0 unspecified atom stereocenters. The number of carbonyl (C=O) groups excluding carboxylic acids is 1. The van der Waals surface area contributed by atoms with E-state index in [4.69, 9.17) is 0 Å². The number of phenols is 1. The first-order valence-corrected chi connectivity index (χ1v) is 5.64. The highest BCUT2D eigenvalue weighted by Gasteiger charge is 2.13. The predicted molar refractivity (Wildman–Crippen MR) is 67.4 cm³/mol. The lowest BCUT2D eigenvalue weighted by atomic mass is 9.97. The van der Waals surface area contributed by atoms with Gasteiger partial charge in [0, 0.05) is 11.1 Å². The molecule has 0 spiro atoms. The molecule has 17 heavy (non-hydrogen) atoms. The summed E-state index contributed by atoms with van der Waals surface area (Å²) < 4.78 is 0. The van der Waals surface area contributed by atoms with Crippen LogP contribution in [0.15, 0.2) is 48.5 Å². The molecule has 0 aliphatic heterocycles. The fraction of sp³-hybridized carbons (Fsp3) is 0.133. The molecular weight excluding hydrogens is 212 g/mol. The molecule has 0 radical (unpaired) electrons. The highest BCUT2D eigenvalue weighted by molar-refractivity contribution is 6.10. The van der Waals surface area contributed by atoms with E-state index in [0.717, 1.165) is 12.0 Å². The van der Waals surface area contributed by atoms with E-state index in [0.29, 0.717) is 11.1 Å². The molecule has 2 heteroatoms. The molecule has 0 heterocycles. The first kappa shape index (κ1) is 11.4. The van der Waals surface area contributed by atoms with Crippen molar-refractivity contribution in [2.24, 2.45) is 0 Å². The Morgan fingerprint density at radius 1 is 1.12 bits per heavy atom. The number of phenolic OH excluding ortho intramolecular Hbond substituents is 1. The summed E-state index contributed by atoms with van der Waals surface area (Å²) in [6, 6.07) is 14.1. The predicted octanol–water partition coefficient (Wildman–Crippen LogP) is 3.19. The van der Waals surface area contributed by atoms with Crippen LogP contribution < -0.4 is 0 Å². The van der Waals surface area contributed by atoms with E-state index < -0.39 is 0 Å². The average Bonchev–Trinajstić information content (AvgIpc) is 2.39. The summed E-state index contributed by atoms with van der Waals surface area (Å²) in [7, 11) is 0. The first-order valence-electron chi connectivity index (χ1n) is 5.64. The number of hydrogen-bond donors (Lipinski definition) is 1. The van der Waals surface area contributed by atoms with E-state index >= 15 is 0 Å². The maximum absolute atomic E-state index is 12.3. The third-order valence-electron chi connectivity index (χ3n) is 2.75. The highest BCUT2D eigenvalue weighted by atomic mass is 16.3. The number of aryl methyl sites for hydroxylation is 1. The summed E-state index contributed by atoms with van der Waals surface area (Å²) in [5.74, 6) is 0.0832. The van der Waals surface area contributed by atoms with Crippen molar-refractivity contribution < 1.29 is 9.90 Å². The van der Waals surface area contributed by atoms with Crippen molar-refractivity contribution >= 4 is 5.78 Å². The van der Waals surface area contributed by atoms with Crippen molar-refractivity contribution in [3.05, 3.63) is 65.2 Å². The quantitative estimate of drug-likeness (QED) is 0.816. The first-order chi connectivity index (χ1) is 8.22. The zero-order valence-corrected chi connectivity index (χ0v) is 9.68. The smallest absolute Gasteiger partial charge is 0.193 e. The lowest BCUT2D eigenvalue weighted by Crippen LogP contribution is -2.04. The summed E-state index contributed by atoms with van der Waals surface area (Å²) in [4.78, 5) is 12.3. The van der Waals surface area contributed by atoms with Crippen LogP contribution in [-0.2, 0) is 6.42 Å². The van der Waals surface area contributed by atoms with E-state index in [1.807, 2.05) is 25.1 Å². The molecule has 0 aliphatic rings. The van der Waals surface area contributed by atoms with Crippen LogP contribution in [0, 0.1) is 0 Å². The molecule has 0 saturated heterocycles. The molecule has 0 aromatic heterocycles. The van der Waals surface area contributed by atoms with Gasteiger partial charge in [-0.2, -0.15) is 0 Å². The van der Waals surface area contributed by atoms with Crippen molar-refractivity contribution in [2.75, 3.05) is 0 Å². The Morgan fingerprint density at radius 2 is 1.82 bits per heavy atom. The number of hydrogen-bond acceptors (Lipinski definition) is 2. The second kappa shape index (κ2) is 4.83. The Hall–Kier alpha value is -2.09. The average molecular weight is 226 g/mol. The van der Waals surface area contributed by atoms with Crippen LogP contribution in [0.25, 0.3) is 0 Å². The summed E-state index contributed by atoms with van der Waals surface area (Å²) in [6.45, 7) is 1.99. The van der Waals surface area contributed by atoms with Gasteiger partial charge in [-0.05, 0) is 24.1 Å². The Bertz CT molecular complexity index is 530. The zero-order valence-electron chi connectivity index (χ0n) is 9.68.